The molecular formula is C32H37N3. The molecule has 0 saturated heterocycles. The van der Waals surface area contributed by atoms with E-state index < -0.39 is 5.41 Å². The molecule has 0 bridgehead atoms. The summed E-state index contributed by atoms with van der Waals surface area (Å²) in [5.41, 5.74) is 6.65. The third-order valence-electron chi connectivity index (χ3n) is 7.11. The van der Waals surface area contributed by atoms with Gasteiger partial charge in [0.15, 0.2) is 0 Å². The SMILES string of the molecule is CCN(CC)c1ccc(C(c2ccccc2)(c2ccc(N(CC)CC)cc2)c2ccccn2)cc1. The Balaban J connectivity index is 1.97. The summed E-state index contributed by atoms with van der Waals surface area (Å²) in [6, 6.07) is 35.2. The zero-order valence-corrected chi connectivity index (χ0v) is 21.5. The van der Waals surface area contributed by atoms with Gasteiger partial charge in [-0.05, 0) is 80.8 Å². The first kappa shape index (κ1) is 24.5. The maximum atomic E-state index is 4.94. The molecule has 0 aliphatic rings. The normalized spacial score (nSPS) is 11.3. The molecule has 4 rings (SSSR count). The van der Waals surface area contributed by atoms with Gasteiger partial charge in [0.05, 0.1) is 11.1 Å². The van der Waals surface area contributed by atoms with Crippen LogP contribution in [0.5, 0.6) is 0 Å². The Kier molecular flexibility index (Phi) is 7.87. The molecule has 35 heavy (non-hydrogen) atoms. The van der Waals surface area contributed by atoms with Gasteiger partial charge in [-0.15, -0.1) is 0 Å². The predicted octanol–water partition coefficient (Wildman–Crippen LogP) is 7.16. The van der Waals surface area contributed by atoms with Crippen LogP contribution in [-0.4, -0.2) is 31.2 Å². The molecule has 0 aliphatic heterocycles. The number of aromatic nitrogens is 1. The fraction of sp³-hybridized carbons (Fsp3) is 0.281. The van der Waals surface area contributed by atoms with Crippen molar-refractivity contribution in [3.8, 4) is 0 Å². The van der Waals surface area contributed by atoms with Gasteiger partial charge in [0, 0.05) is 43.8 Å². The molecule has 0 unspecified atom stereocenters. The molecule has 1 heterocycles. The van der Waals surface area contributed by atoms with Gasteiger partial charge in [0.2, 0.25) is 0 Å². The van der Waals surface area contributed by atoms with Crippen LogP contribution in [0.2, 0.25) is 0 Å². The topological polar surface area (TPSA) is 19.4 Å². The second-order valence-corrected chi connectivity index (χ2v) is 8.77. The third kappa shape index (κ3) is 4.68. The number of hydrogen-bond acceptors (Lipinski definition) is 3. The molecule has 4 aromatic rings. The van der Waals surface area contributed by atoms with Crippen molar-refractivity contribution in [2.24, 2.45) is 0 Å². The summed E-state index contributed by atoms with van der Waals surface area (Å²) in [7, 11) is 0. The lowest BCUT2D eigenvalue weighted by molar-refractivity contribution is 0.713. The highest BCUT2D eigenvalue weighted by Crippen LogP contribution is 2.45. The third-order valence-corrected chi connectivity index (χ3v) is 7.11. The molecule has 0 N–H and O–H groups in total. The molecule has 3 aromatic carbocycles. The fourth-order valence-corrected chi connectivity index (χ4v) is 5.24. The van der Waals surface area contributed by atoms with E-state index in [0.717, 1.165) is 31.9 Å². The highest BCUT2D eigenvalue weighted by Gasteiger charge is 2.39. The highest BCUT2D eigenvalue weighted by molar-refractivity contribution is 5.62. The van der Waals surface area contributed by atoms with Crippen molar-refractivity contribution in [2.75, 3.05) is 36.0 Å². The summed E-state index contributed by atoms with van der Waals surface area (Å²) < 4.78 is 0. The summed E-state index contributed by atoms with van der Waals surface area (Å²) in [5, 5.41) is 0. The Labute approximate surface area is 211 Å². The maximum Gasteiger partial charge on any atom is 0.0873 e. The molecule has 0 radical (unpaired) electrons. The summed E-state index contributed by atoms with van der Waals surface area (Å²) in [6.07, 6.45) is 1.90. The van der Waals surface area contributed by atoms with Gasteiger partial charge in [-0.2, -0.15) is 0 Å². The maximum absolute atomic E-state index is 4.94. The average Bonchev–Trinajstić information content (AvgIpc) is 2.93. The Hall–Kier alpha value is -3.59. The molecule has 0 saturated carbocycles. The van der Waals surface area contributed by atoms with Crippen LogP contribution in [0, 0.1) is 0 Å². The smallest absolute Gasteiger partial charge is 0.0873 e. The summed E-state index contributed by atoms with van der Waals surface area (Å²) >= 11 is 0. The highest BCUT2D eigenvalue weighted by atomic mass is 15.1. The average molecular weight is 464 g/mol. The van der Waals surface area contributed by atoms with E-state index in [1.807, 2.05) is 12.3 Å². The van der Waals surface area contributed by atoms with E-state index in [9.17, 15) is 0 Å². The second kappa shape index (κ2) is 11.2. The van der Waals surface area contributed by atoms with Gasteiger partial charge in [-0.1, -0.05) is 60.7 Å². The first-order valence-corrected chi connectivity index (χ1v) is 12.9. The lowest BCUT2D eigenvalue weighted by atomic mass is 9.67. The number of pyridine rings is 1. The van der Waals surface area contributed by atoms with Crippen LogP contribution in [0.15, 0.2) is 103 Å². The van der Waals surface area contributed by atoms with Crippen LogP contribution in [-0.2, 0) is 5.41 Å². The Morgan fingerprint density at radius 3 is 1.34 bits per heavy atom. The molecule has 0 atom stereocenters. The monoisotopic (exact) mass is 463 g/mol. The van der Waals surface area contributed by atoms with E-state index in [1.165, 1.54) is 28.1 Å². The molecule has 180 valence electrons. The number of benzene rings is 3. The summed E-state index contributed by atoms with van der Waals surface area (Å²) in [6.45, 7) is 12.8. The van der Waals surface area contributed by atoms with Gasteiger partial charge in [-0.3, -0.25) is 4.98 Å². The lowest BCUT2D eigenvalue weighted by Crippen LogP contribution is -2.32. The second-order valence-electron chi connectivity index (χ2n) is 8.77. The van der Waals surface area contributed by atoms with Crippen molar-refractivity contribution in [3.63, 3.8) is 0 Å². The molecular weight excluding hydrogens is 426 g/mol. The minimum atomic E-state index is -0.522. The first-order valence-electron chi connectivity index (χ1n) is 12.9. The van der Waals surface area contributed by atoms with Gasteiger partial charge in [0.25, 0.3) is 0 Å². The van der Waals surface area contributed by atoms with Crippen LogP contribution in [0.25, 0.3) is 0 Å². The van der Waals surface area contributed by atoms with Gasteiger partial charge in [-0.25, -0.2) is 0 Å². The van der Waals surface area contributed by atoms with E-state index in [1.54, 1.807) is 0 Å². The van der Waals surface area contributed by atoms with Crippen molar-refractivity contribution in [3.05, 3.63) is 126 Å². The Bertz CT molecular complexity index is 1060. The molecule has 0 amide bonds. The van der Waals surface area contributed by atoms with Crippen LogP contribution in [0.4, 0.5) is 11.4 Å². The number of nitrogens with zero attached hydrogens (tertiary/aromatic N) is 3. The van der Waals surface area contributed by atoms with E-state index in [-0.39, 0.29) is 0 Å². The van der Waals surface area contributed by atoms with Crippen molar-refractivity contribution >= 4 is 11.4 Å². The molecule has 0 spiro atoms. The van der Waals surface area contributed by atoms with E-state index in [4.69, 9.17) is 4.98 Å². The largest absolute Gasteiger partial charge is 0.372 e. The first-order chi connectivity index (χ1) is 17.2. The van der Waals surface area contributed by atoms with E-state index in [0.29, 0.717) is 0 Å². The Morgan fingerprint density at radius 1 is 0.514 bits per heavy atom. The van der Waals surface area contributed by atoms with Crippen LogP contribution in [0.3, 0.4) is 0 Å². The van der Waals surface area contributed by atoms with E-state index in [2.05, 4.69) is 128 Å². The predicted molar refractivity (Wildman–Crippen MR) is 150 cm³/mol. The minimum absolute atomic E-state index is 0.522. The molecule has 0 aliphatic carbocycles. The van der Waals surface area contributed by atoms with Crippen LogP contribution in [0.1, 0.15) is 50.1 Å². The van der Waals surface area contributed by atoms with Crippen molar-refractivity contribution in [2.45, 2.75) is 33.1 Å². The van der Waals surface area contributed by atoms with Gasteiger partial charge < -0.3 is 9.80 Å². The van der Waals surface area contributed by atoms with Crippen molar-refractivity contribution in [1.82, 2.24) is 4.98 Å². The summed E-state index contributed by atoms with van der Waals surface area (Å²) in [5.74, 6) is 0. The van der Waals surface area contributed by atoms with Crippen molar-refractivity contribution in [1.29, 1.82) is 0 Å². The zero-order chi connectivity index (χ0) is 24.7. The lowest BCUT2D eigenvalue weighted by Gasteiger charge is -2.36. The fourth-order valence-electron chi connectivity index (χ4n) is 5.24. The number of rotatable bonds is 10. The number of hydrogen-bond donors (Lipinski definition) is 0. The summed E-state index contributed by atoms with van der Waals surface area (Å²) in [4.78, 5) is 9.70. The minimum Gasteiger partial charge on any atom is -0.372 e. The quantitative estimate of drug-likeness (QED) is 0.233. The van der Waals surface area contributed by atoms with E-state index >= 15 is 0 Å². The van der Waals surface area contributed by atoms with Crippen LogP contribution >= 0.6 is 0 Å². The molecule has 3 heteroatoms. The zero-order valence-electron chi connectivity index (χ0n) is 21.5. The number of anilines is 2. The molecule has 3 nitrogen and oxygen atoms in total. The van der Waals surface area contributed by atoms with Gasteiger partial charge >= 0.3 is 0 Å². The van der Waals surface area contributed by atoms with Crippen LogP contribution < -0.4 is 9.80 Å². The molecule has 1 aromatic heterocycles. The standard InChI is InChI=1S/C32H37N3/c1-5-34(6-2)29-21-17-27(18-22-29)32(26-14-10-9-11-15-26,31-16-12-13-25-33-31)28-19-23-30(24-20-28)35(7-3)8-4/h9-25H,5-8H2,1-4H3. The molecule has 0 fully saturated rings. The Morgan fingerprint density at radius 2 is 0.943 bits per heavy atom. The van der Waals surface area contributed by atoms with Crippen molar-refractivity contribution < 1.29 is 0 Å². The van der Waals surface area contributed by atoms with Gasteiger partial charge in [0.1, 0.15) is 0 Å².